The number of fused-ring (bicyclic) bond motifs is 1. The van der Waals surface area contributed by atoms with Gasteiger partial charge in [0, 0.05) is 34.9 Å². The number of carbonyl (C=O) groups is 1. The molecular formula is C23H21FN4O3. The van der Waals surface area contributed by atoms with Crippen molar-refractivity contribution in [3.05, 3.63) is 65.1 Å². The van der Waals surface area contributed by atoms with Crippen LogP contribution >= 0.6 is 0 Å². The molecule has 1 N–H and O–H groups in total. The predicted molar refractivity (Wildman–Crippen MR) is 113 cm³/mol. The van der Waals surface area contributed by atoms with Gasteiger partial charge in [-0.05, 0) is 31.0 Å². The minimum atomic E-state index is -0.672. The van der Waals surface area contributed by atoms with E-state index in [1.165, 1.54) is 6.07 Å². The summed E-state index contributed by atoms with van der Waals surface area (Å²) in [5.74, 6) is 1.73. The monoisotopic (exact) mass is 420 g/mol. The number of halogens is 1. The lowest BCUT2D eigenvalue weighted by Gasteiger charge is -2.32. The summed E-state index contributed by atoms with van der Waals surface area (Å²) in [6.45, 7) is 0. The minimum Gasteiger partial charge on any atom is -0.497 e. The number of allylic oxidation sites excluding steroid dienone is 2. The zero-order valence-corrected chi connectivity index (χ0v) is 17.2. The maximum absolute atomic E-state index is 14.8. The zero-order valence-electron chi connectivity index (χ0n) is 17.2. The number of rotatable bonds is 4. The normalized spacial score (nSPS) is 17.6. The average Bonchev–Trinajstić information content (AvgIpc) is 3.22. The van der Waals surface area contributed by atoms with Gasteiger partial charge in [0.2, 0.25) is 5.95 Å². The number of hydrogen-bond donors (Lipinski definition) is 1. The number of carbonyl (C=O) groups excluding carboxylic acids is 1. The van der Waals surface area contributed by atoms with E-state index in [0.29, 0.717) is 52.8 Å². The molecule has 0 saturated heterocycles. The van der Waals surface area contributed by atoms with Gasteiger partial charge in [0.25, 0.3) is 0 Å². The van der Waals surface area contributed by atoms with Crippen LogP contribution in [0.5, 0.6) is 11.5 Å². The second kappa shape index (κ2) is 7.54. The quantitative estimate of drug-likeness (QED) is 0.684. The third-order valence-corrected chi connectivity index (χ3v) is 5.68. The largest absolute Gasteiger partial charge is 0.497 e. The van der Waals surface area contributed by atoms with Gasteiger partial charge in [0.05, 0.1) is 14.2 Å². The summed E-state index contributed by atoms with van der Waals surface area (Å²) >= 11 is 0. The topological polar surface area (TPSA) is 78.3 Å². The van der Waals surface area contributed by atoms with Crippen LogP contribution in [0.3, 0.4) is 0 Å². The Morgan fingerprint density at radius 2 is 1.84 bits per heavy atom. The number of aromatic nitrogens is 3. The fourth-order valence-corrected chi connectivity index (χ4v) is 4.20. The molecule has 0 radical (unpaired) electrons. The van der Waals surface area contributed by atoms with Gasteiger partial charge < -0.3 is 14.8 Å². The molecule has 1 atom stereocenters. The van der Waals surface area contributed by atoms with Crippen LogP contribution in [-0.4, -0.2) is 34.8 Å². The first-order chi connectivity index (χ1) is 15.1. The lowest BCUT2D eigenvalue weighted by Crippen LogP contribution is -2.32. The first-order valence-corrected chi connectivity index (χ1v) is 10.1. The third-order valence-electron chi connectivity index (χ3n) is 5.68. The Morgan fingerprint density at radius 1 is 1.10 bits per heavy atom. The molecule has 8 heteroatoms. The van der Waals surface area contributed by atoms with Crippen LogP contribution in [0.2, 0.25) is 0 Å². The average molecular weight is 420 g/mol. The van der Waals surface area contributed by atoms with Crippen molar-refractivity contribution in [2.45, 2.75) is 25.3 Å². The summed E-state index contributed by atoms with van der Waals surface area (Å²) in [7, 11) is 3.15. The van der Waals surface area contributed by atoms with Gasteiger partial charge in [-0.15, -0.1) is 5.10 Å². The Morgan fingerprint density at radius 3 is 2.55 bits per heavy atom. The van der Waals surface area contributed by atoms with E-state index >= 15 is 0 Å². The van der Waals surface area contributed by atoms with E-state index in [1.54, 1.807) is 55.3 Å². The molecule has 2 aromatic carbocycles. The molecule has 1 unspecified atom stereocenters. The highest BCUT2D eigenvalue weighted by Gasteiger charge is 2.38. The van der Waals surface area contributed by atoms with Crippen LogP contribution < -0.4 is 14.8 Å². The summed E-state index contributed by atoms with van der Waals surface area (Å²) in [5, 5.41) is 7.93. The SMILES string of the molecule is COc1cc(OC)cc(-c2nc3n(n2)C(c2ccccc2F)C2=C(CCCC2=O)N3)c1. The lowest BCUT2D eigenvalue weighted by atomic mass is 9.85. The highest BCUT2D eigenvalue weighted by molar-refractivity contribution is 5.99. The van der Waals surface area contributed by atoms with Gasteiger partial charge in [0.1, 0.15) is 23.4 Å². The molecule has 1 aliphatic carbocycles. The Balaban J connectivity index is 1.68. The van der Waals surface area contributed by atoms with E-state index in [0.717, 1.165) is 12.1 Å². The van der Waals surface area contributed by atoms with Gasteiger partial charge in [0.15, 0.2) is 11.6 Å². The van der Waals surface area contributed by atoms with Crippen molar-refractivity contribution in [3.63, 3.8) is 0 Å². The molecule has 1 aliphatic heterocycles. The molecule has 5 rings (SSSR count). The summed E-state index contributed by atoms with van der Waals surface area (Å²) < 4.78 is 27.1. The van der Waals surface area contributed by atoms with Crippen molar-refractivity contribution in [3.8, 4) is 22.9 Å². The van der Waals surface area contributed by atoms with Crippen molar-refractivity contribution in [2.24, 2.45) is 0 Å². The zero-order chi connectivity index (χ0) is 21.5. The number of ether oxygens (including phenoxy) is 2. The van der Waals surface area contributed by atoms with Gasteiger partial charge in [-0.3, -0.25) is 4.79 Å². The molecule has 1 aromatic heterocycles. The molecule has 0 spiro atoms. The molecule has 31 heavy (non-hydrogen) atoms. The van der Waals surface area contributed by atoms with E-state index in [-0.39, 0.29) is 11.6 Å². The summed E-state index contributed by atoms with van der Waals surface area (Å²) in [6.07, 6.45) is 1.90. The van der Waals surface area contributed by atoms with Crippen LogP contribution in [0.25, 0.3) is 11.4 Å². The smallest absolute Gasteiger partial charge is 0.226 e. The van der Waals surface area contributed by atoms with E-state index < -0.39 is 6.04 Å². The van der Waals surface area contributed by atoms with Crippen LogP contribution in [-0.2, 0) is 4.79 Å². The lowest BCUT2D eigenvalue weighted by molar-refractivity contribution is -0.116. The van der Waals surface area contributed by atoms with Crippen molar-refractivity contribution >= 4 is 11.7 Å². The first-order valence-electron chi connectivity index (χ1n) is 10.1. The number of benzene rings is 2. The van der Waals surface area contributed by atoms with Crippen LogP contribution in [0.15, 0.2) is 53.7 Å². The molecule has 3 aromatic rings. The first kappa shape index (κ1) is 19.3. The number of hydrogen-bond acceptors (Lipinski definition) is 6. The summed E-state index contributed by atoms with van der Waals surface area (Å²) in [5.41, 5.74) is 2.44. The fourth-order valence-electron chi connectivity index (χ4n) is 4.20. The standard InChI is InChI=1S/C23H21FN4O3/c1-30-14-10-13(11-15(12-14)31-2)22-26-23-25-18-8-5-9-19(29)20(18)21(28(23)27-22)16-6-3-4-7-17(16)24/h3-4,6-7,10-12,21H,5,8-9H2,1-2H3,(H,25,26,27). The highest BCUT2D eigenvalue weighted by atomic mass is 19.1. The summed E-state index contributed by atoms with van der Waals surface area (Å²) in [4.78, 5) is 17.5. The molecule has 0 saturated carbocycles. The fraction of sp³-hybridized carbons (Fsp3) is 0.261. The second-order valence-electron chi connectivity index (χ2n) is 7.52. The van der Waals surface area contributed by atoms with Gasteiger partial charge in [-0.1, -0.05) is 18.2 Å². The number of Topliss-reactive ketones (excluding diaryl/α,β-unsaturated/α-hetero) is 1. The van der Waals surface area contributed by atoms with Crippen molar-refractivity contribution in [1.29, 1.82) is 0 Å². The molecule has 0 bridgehead atoms. The minimum absolute atomic E-state index is 0.00718. The Bertz CT molecular complexity index is 1200. The third kappa shape index (κ3) is 3.24. The number of nitrogens with zero attached hydrogens (tertiary/aromatic N) is 3. The van der Waals surface area contributed by atoms with Crippen LogP contribution in [0, 0.1) is 5.82 Å². The molecule has 0 fully saturated rings. The van der Waals surface area contributed by atoms with Crippen LogP contribution in [0.1, 0.15) is 30.9 Å². The van der Waals surface area contributed by atoms with Crippen molar-refractivity contribution in [1.82, 2.24) is 14.8 Å². The Labute approximate surface area is 178 Å². The van der Waals surface area contributed by atoms with Gasteiger partial charge in [-0.2, -0.15) is 4.98 Å². The van der Waals surface area contributed by atoms with Gasteiger partial charge >= 0.3 is 0 Å². The van der Waals surface area contributed by atoms with E-state index in [2.05, 4.69) is 15.4 Å². The van der Waals surface area contributed by atoms with E-state index in [9.17, 15) is 9.18 Å². The predicted octanol–water partition coefficient (Wildman–Crippen LogP) is 4.12. The molecular weight excluding hydrogens is 399 g/mol. The Kier molecular flexibility index (Phi) is 4.69. The highest BCUT2D eigenvalue weighted by Crippen LogP contribution is 2.41. The molecule has 2 heterocycles. The van der Waals surface area contributed by atoms with Crippen molar-refractivity contribution < 1.29 is 18.7 Å². The molecule has 0 amide bonds. The van der Waals surface area contributed by atoms with E-state index in [4.69, 9.17) is 9.47 Å². The van der Waals surface area contributed by atoms with E-state index in [1.807, 2.05) is 0 Å². The molecule has 2 aliphatic rings. The number of nitrogens with one attached hydrogen (secondary N) is 1. The maximum atomic E-state index is 14.8. The van der Waals surface area contributed by atoms with Crippen LogP contribution in [0.4, 0.5) is 10.3 Å². The molecule has 7 nitrogen and oxygen atoms in total. The van der Waals surface area contributed by atoms with Gasteiger partial charge in [-0.25, -0.2) is 9.07 Å². The Hall–Kier alpha value is -3.68. The summed E-state index contributed by atoms with van der Waals surface area (Å²) in [6, 6.07) is 11.2. The maximum Gasteiger partial charge on any atom is 0.226 e. The number of anilines is 1. The molecule has 158 valence electrons. The number of ketones is 1. The number of methoxy groups -OCH3 is 2. The second-order valence-corrected chi connectivity index (χ2v) is 7.52. The van der Waals surface area contributed by atoms with Crippen molar-refractivity contribution in [2.75, 3.05) is 19.5 Å².